The van der Waals surface area contributed by atoms with E-state index in [0.717, 1.165) is 5.56 Å². The molecule has 0 saturated heterocycles. The predicted molar refractivity (Wildman–Crippen MR) is 78.6 cm³/mol. The smallest absolute Gasteiger partial charge is 0.236 e. The van der Waals surface area contributed by atoms with Gasteiger partial charge in [-0.25, -0.2) is 0 Å². The SMILES string of the molecule is COC1=C(C)C(=O)C(=O)c2c(-c3ccccc3)ccnc21. The summed E-state index contributed by atoms with van der Waals surface area (Å²) < 4.78 is 5.28. The molecule has 3 rings (SSSR count). The van der Waals surface area contributed by atoms with Crippen molar-refractivity contribution in [3.8, 4) is 11.1 Å². The Bertz CT molecular complexity index is 776. The van der Waals surface area contributed by atoms with Crippen molar-refractivity contribution >= 4 is 17.3 Å². The Morgan fingerprint density at radius 2 is 1.71 bits per heavy atom. The summed E-state index contributed by atoms with van der Waals surface area (Å²) >= 11 is 0. The fraction of sp³-hybridized carbons (Fsp3) is 0.118. The Labute approximate surface area is 122 Å². The molecule has 0 amide bonds. The number of Topliss-reactive ketones (excluding diaryl/α,β-unsaturated/α-hetero) is 2. The number of hydrogen-bond donors (Lipinski definition) is 0. The summed E-state index contributed by atoms with van der Waals surface area (Å²) in [6.45, 7) is 1.58. The summed E-state index contributed by atoms with van der Waals surface area (Å²) in [6.07, 6.45) is 1.62. The molecule has 104 valence electrons. The van der Waals surface area contributed by atoms with Gasteiger partial charge in [0, 0.05) is 11.8 Å². The molecule has 0 unspecified atom stereocenters. The van der Waals surface area contributed by atoms with E-state index in [4.69, 9.17) is 4.74 Å². The zero-order valence-corrected chi connectivity index (χ0v) is 11.7. The fourth-order valence-electron chi connectivity index (χ4n) is 2.54. The normalized spacial score (nSPS) is 14.2. The van der Waals surface area contributed by atoms with E-state index in [1.807, 2.05) is 30.3 Å². The molecule has 4 nitrogen and oxygen atoms in total. The standard InChI is InChI=1S/C17H13NO3/c1-10-15(19)16(20)13-12(11-6-4-3-5-7-11)8-9-18-14(13)17(10)21-2/h3-9H,1-2H3. The lowest BCUT2D eigenvalue weighted by Gasteiger charge is -2.20. The molecule has 4 heteroatoms. The number of carbonyl (C=O) groups is 2. The minimum absolute atomic E-state index is 0.299. The molecule has 0 N–H and O–H groups in total. The van der Waals surface area contributed by atoms with Crippen LogP contribution in [0.1, 0.15) is 23.0 Å². The third-order valence-electron chi connectivity index (χ3n) is 3.57. The van der Waals surface area contributed by atoms with E-state index in [1.165, 1.54) is 7.11 Å². The monoisotopic (exact) mass is 279 g/mol. The maximum absolute atomic E-state index is 12.4. The second-order valence-corrected chi connectivity index (χ2v) is 4.76. The molecule has 1 aromatic carbocycles. The van der Waals surface area contributed by atoms with Crippen molar-refractivity contribution in [3.63, 3.8) is 0 Å². The van der Waals surface area contributed by atoms with E-state index < -0.39 is 11.6 Å². The molecule has 21 heavy (non-hydrogen) atoms. The zero-order chi connectivity index (χ0) is 15.0. The minimum Gasteiger partial charge on any atom is -0.494 e. The molecular weight excluding hydrogens is 266 g/mol. The number of rotatable bonds is 2. The van der Waals surface area contributed by atoms with E-state index in [2.05, 4.69) is 4.98 Å². The second-order valence-electron chi connectivity index (χ2n) is 4.76. The van der Waals surface area contributed by atoms with Crippen LogP contribution >= 0.6 is 0 Å². The van der Waals surface area contributed by atoms with Crippen LogP contribution in [0.15, 0.2) is 48.2 Å². The van der Waals surface area contributed by atoms with Crippen LogP contribution in [0.25, 0.3) is 16.9 Å². The first-order valence-corrected chi connectivity index (χ1v) is 6.54. The number of nitrogens with zero attached hydrogens (tertiary/aromatic N) is 1. The van der Waals surface area contributed by atoms with Crippen molar-refractivity contribution in [3.05, 3.63) is 59.4 Å². The highest BCUT2D eigenvalue weighted by molar-refractivity contribution is 6.52. The third kappa shape index (κ3) is 1.96. The molecule has 1 aliphatic carbocycles. The van der Waals surface area contributed by atoms with Crippen molar-refractivity contribution in [2.45, 2.75) is 6.92 Å². The lowest BCUT2D eigenvalue weighted by atomic mass is 9.87. The summed E-state index contributed by atoms with van der Waals surface area (Å²) in [4.78, 5) is 28.8. The van der Waals surface area contributed by atoms with Crippen LogP contribution in [0.5, 0.6) is 0 Å². The zero-order valence-electron chi connectivity index (χ0n) is 11.7. The number of benzene rings is 1. The van der Waals surface area contributed by atoms with Crippen LogP contribution in [0.4, 0.5) is 0 Å². The Morgan fingerprint density at radius 1 is 1.00 bits per heavy atom. The van der Waals surface area contributed by atoms with Gasteiger partial charge in [0.25, 0.3) is 0 Å². The van der Waals surface area contributed by atoms with Crippen molar-refractivity contribution in [2.75, 3.05) is 7.11 Å². The highest BCUT2D eigenvalue weighted by Crippen LogP contribution is 2.34. The first-order valence-electron chi connectivity index (χ1n) is 6.54. The molecule has 0 bridgehead atoms. The van der Waals surface area contributed by atoms with Gasteiger partial charge in [-0.15, -0.1) is 0 Å². The van der Waals surface area contributed by atoms with Crippen LogP contribution in [0.3, 0.4) is 0 Å². The maximum Gasteiger partial charge on any atom is 0.236 e. The molecule has 0 fully saturated rings. The van der Waals surface area contributed by atoms with E-state index >= 15 is 0 Å². The van der Waals surface area contributed by atoms with Gasteiger partial charge < -0.3 is 4.74 Å². The molecule has 0 aliphatic heterocycles. The number of allylic oxidation sites excluding steroid dienone is 1. The first kappa shape index (κ1) is 13.2. The van der Waals surface area contributed by atoms with Gasteiger partial charge in [-0.1, -0.05) is 30.3 Å². The summed E-state index contributed by atoms with van der Waals surface area (Å²) in [7, 11) is 1.47. The molecule has 0 atom stereocenters. The van der Waals surface area contributed by atoms with Gasteiger partial charge in [0.1, 0.15) is 5.69 Å². The van der Waals surface area contributed by atoms with E-state index in [9.17, 15) is 9.59 Å². The topological polar surface area (TPSA) is 56.3 Å². The van der Waals surface area contributed by atoms with Gasteiger partial charge in [-0.2, -0.15) is 0 Å². The van der Waals surface area contributed by atoms with E-state index in [1.54, 1.807) is 19.2 Å². The van der Waals surface area contributed by atoms with Gasteiger partial charge in [-0.3, -0.25) is 14.6 Å². The van der Waals surface area contributed by atoms with Gasteiger partial charge in [0.05, 0.1) is 12.7 Å². The Hall–Kier alpha value is -2.75. The van der Waals surface area contributed by atoms with Crippen molar-refractivity contribution in [1.82, 2.24) is 4.98 Å². The molecule has 2 aromatic rings. The minimum atomic E-state index is -0.537. The third-order valence-corrected chi connectivity index (χ3v) is 3.57. The van der Waals surface area contributed by atoms with Gasteiger partial charge in [-0.05, 0) is 24.1 Å². The van der Waals surface area contributed by atoms with Gasteiger partial charge >= 0.3 is 0 Å². The Balaban J connectivity index is 2.33. The number of aromatic nitrogens is 1. The molecule has 1 heterocycles. The number of ether oxygens (including phenoxy) is 1. The number of ketones is 2. The molecule has 1 aliphatic rings. The number of carbonyl (C=O) groups excluding carboxylic acids is 2. The van der Waals surface area contributed by atoms with Gasteiger partial charge in [0.15, 0.2) is 5.76 Å². The lowest BCUT2D eigenvalue weighted by Crippen LogP contribution is -2.25. The van der Waals surface area contributed by atoms with Crippen molar-refractivity contribution in [2.24, 2.45) is 0 Å². The summed E-state index contributed by atoms with van der Waals surface area (Å²) in [5.41, 5.74) is 2.61. The molecule has 0 spiro atoms. The number of pyridine rings is 1. The fourth-order valence-corrected chi connectivity index (χ4v) is 2.54. The lowest BCUT2D eigenvalue weighted by molar-refractivity contribution is -0.111. The van der Waals surface area contributed by atoms with Crippen LogP contribution < -0.4 is 0 Å². The highest BCUT2D eigenvalue weighted by Gasteiger charge is 2.34. The Kier molecular flexibility index (Phi) is 3.14. The average Bonchev–Trinajstić information content (AvgIpc) is 2.53. The predicted octanol–water partition coefficient (Wildman–Crippen LogP) is 2.89. The number of fused-ring (bicyclic) bond motifs is 1. The quantitative estimate of drug-likeness (QED) is 0.793. The maximum atomic E-state index is 12.4. The van der Waals surface area contributed by atoms with Crippen LogP contribution in [-0.2, 0) is 9.53 Å². The van der Waals surface area contributed by atoms with Crippen molar-refractivity contribution < 1.29 is 14.3 Å². The summed E-state index contributed by atoms with van der Waals surface area (Å²) in [6, 6.07) is 11.2. The van der Waals surface area contributed by atoms with Crippen LogP contribution in [-0.4, -0.2) is 23.7 Å². The Morgan fingerprint density at radius 3 is 2.38 bits per heavy atom. The van der Waals surface area contributed by atoms with E-state index in [-0.39, 0.29) is 0 Å². The number of hydrogen-bond acceptors (Lipinski definition) is 4. The largest absolute Gasteiger partial charge is 0.494 e. The highest BCUT2D eigenvalue weighted by atomic mass is 16.5. The van der Waals surface area contributed by atoms with Crippen LogP contribution in [0, 0.1) is 0 Å². The van der Waals surface area contributed by atoms with Gasteiger partial charge in [0.2, 0.25) is 11.6 Å². The van der Waals surface area contributed by atoms with E-state index in [0.29, 0.717) is 28.2 Å². The van der Waals surface area contributed by atoms with Crippen molar-refractivity contribution in [1.29, 1.82) is 0 Å². The summed E-state index contributed by atoms with van der Waals surface area (Å²) in [5, 5.41) is 0. The number of methoxy groups -OCH3 is 1. The summed E-state index contributed by atoms with van der Waals surface area (Å²) in [5.74, 6) is -0.702. The average molecular weight is 279 g/mol. The van der Waals surface area contributed by atoms with Crippen LogP contribution in [0.2, 0.25) is 0 Å². The second kappa shape index (κ2) is 4.98. The molecule has 0 saturated carbocycles. The first-order chi connectivity index (χ1) is 10.1. The molecule has 1 aromatic heterocycles. The molecule has 0 radical (unpaired) electrons. The molecular formula is C17H13NO3.